The predicted octanol–water partition coefficient (Wildman–Crippen LogP) is 2.83. The van der Waals surface area contributed by atoms with Gasteiger partial charge in [-0.05, 0) is 25.7 Å². The average molecular weight is 199 g/mol. The van der Waals surface area contributed by atoms with E-state index in [0.29, 0.717) is 11.8 Å². The van der Waals surface area contributed by atoms with Crippen molar-refractivity contribution in [3.8, 4) is 0 Å². The van der Waals surface area contributed by atoms with Crippen LogP contribution in [0.1, 0.15) is 42.9 Å². The summed E-state index contributed by atoms with van der Waals surface area (Å²) in [6, 6.07) is 0. The van der Waals surface area contributed by atoms with E-state index in [-0.39, 0.29) is 0 Å². The van der Waals surface area contributed by atoms with Crippen LogP contribution < -0.4 is 0 Å². The lowest BCUT2D eigenvalue weighted by Gasteiger charge is -2.22. The summed E-state index contributed by atoms with van der Waals surface area (Å²) >= 11 is 5.87. The van der Waals surface area contributed by atoms with Crippen LogP contribution >= 0.6 is 11.6 Å². The number of aryl methyl sites for hydroxylation is 1. The molecule has 2 heterocycles. The highest BCUT2D eigenvalue weighted by atomic mass is 35.5. The van der Waals surface area contributed by atoms with E-state index in [4.69, 9.17) is 11.6 Å². The van der Waals surface area contributed by atoms with E-state index in [1.54, 1.807) is 0 Å². The van der Waals surface area contributed by atoms with Gasteiger partial charge in [0.05, 0.1) is 11.6 Å². The Balaban J connectivity index is 2.52. The third-order valence-electron chi connectivity index (χ3n) is 2.89. The Morgan fingerprint density at radius 3 is 3.08 bits per heavy atom. The lowest BCUT2D eigenvalue weighted by atomic mass is 9.97. The molecular weight excluding hydrogens is 184 g/mol. The highest BCUT2D eigenvalue weighted by Crippen LogP contribution is 2.30. The first kappa shape index (κ1) is 9.07. The molecule has 0 aliphatic carbocycles. The first-order valence-corrected chi connectivity index (χ1v) is 5.39. The predicted molar refractivity (Wildman–Crippen MR) is 54.2 cm³/mol. The SMILES string of the molecule is Cc1nc(CCl)c2n1CCCC2C. The van der Waals surface area contributed by atoms with Gasteiger partial charge in [-0.1, -0.05) is 6.92 Å². The van der Waals surface area contributed by atoms with Crippen LogP contribution in [0.25, 0.3) is 0 Å². The van der Waals surface area contributed by atoms with Crippen molar-refractivity contribution in [3.63, 3.8) is 0 Å². The summed E-state index contributed by atoms with van der Waals surface area (Å²) < 4.78 is 2.33. The fourth-order valence-electron chi connectivity index (χ4n) is 2.27. The van der Waals surface area contributed by atoms with Crippen LogP contribution in [0.3, 0.4) is 0 Å². The maximum absolute atomic E-state index is 5.87. The van der Waals surface area contributed by atoms with E-state index in [1.165, 1.54) is 18.5 Å². The van der Waals surface area contributed by atoms with Gasteiger partial charge in [-0.2, -0.15) is 0 Å². The Labute approximate surface area is 83.9 Å². The summed E-state index contributed by atoms with van der Waals surface area (Å²) in [5.41, 5.74) is 2.46. The summed E-state index contributed by atoms with van der Waals surface area (Å²) in [7, 11) is 0. The Morgan fingerprint density at radius 1 is 1.62 bits per heavy atom. The molecular formula is C10H15ClN2. The van der Waals surface area contributed by atoms with Crippen molar-refractivity contribution < 1.29 is 0 Å². The Morgan fingerprint density at radius 2 is 2.38 bits per heavy atom. The molecule has 0 aromatic carbocycles. The third kappa shape index (κ3) is 1.37. The molecule has 1 aromatic heterocycles. The maximum Gasteiger partial charge on any atom is 0.106 e. The molecule has 2 nitrogen and oxygen atoms in total. The average Bonchev–Trinajstić information content (AvgIpc) is 2.45. The van der Waals surface area contributed by atoms with E-state index in [1.807, 2.05) is 0 Å². The van der Waals surface area contributed by atoms with E-state index in [2.05, 4.69) is 23.4 Å². The highest BCUT2D eigenvalue weighted by Gasteiger charge is 2.22. The largest absolute Gasteiger partial charge is 0.332 e. The molecule has 1 aliphatic heterocycles. The van der Waals surface area contributed by atoms with E-state index >= 15 is 0 Å². The number of hydrogen-bond acceptors (Lipinski definition) is 1. The van der Waals surface area contributed by atoms with Crippen LogP contribution in [0.2, 0.25) is 0 Å². The molecule has 72 valence electrons. The van der Waals surface area contributed by atoms with Crippen molar-refractivity contribution in [3.05, 3.63) is 17.2 Å². The summed E-state index contributed by atoms with van der Waals surface area (Å²) in [5, 5.41) is 0. The van der Waals surface area contributed by atoms with E-state index in [9.17, 15) is 0 Å². The van der Waals surface area contributed by atoms with Crippen LogP contribution in [0, 0.1) is 6.92 Å². The number of hydrogen-bond donors (Lipinski definition) is 0. The minimum absolute atomic E-state index is 0.549. The highest BCUT2D eigenvalue weighted by molar-refractivity contribution is 6.17. The second kappa shape index (κ2) is 3.33. The molecule has 1 aliphatic rings. The van der Waals surface area contributed by atoms with Gasteiger partial charge >= 0.3 is 0 Å². The second-order valence-corrected chi connectivity index (χ2v) is 4.09. The minimum atomic E-state index is 0.549. The molecule has 0 N–H and O–H groups in total. The minimum Gasteiger partial charge on any atom is -0.332 e. The summed E-state index contributed by atoms with van der Waals surface area (Å²) in [5.74, 6) is 2.30. The van der Waals surface area contributed by atoms with E-state index < -0.39 is 0 Å². The van der Waals surface area contributed by atoms with Crippen molar-refractivity contribution in [2.24, 2.45) is 0 Å². The van der Waals surface area contributed by atoms with Crippen molar-refractivity contribution in [1.29, 1.82) is 0 Å². The first-order chi connectivity index (χ1) is 6.24. The molecule has 0 spiro atoms. The fraction of sp³-hybridized carbons (Fsp3) is 0.700. The standard InChI is InChI=1S/C10H15ClN2/c1-7-4-3-5-13-8(2)12-9(6-11)10(7)13/h7H,3-6H2,1-2H3. The van der Waals surface area contributed by atoms with Gasteiger partial charge in [0.2, 0.25) is 0 Å². The van der Waals surface area contributed by atoms with Crippen molar-refractivity contribution >= 4 is 11.6 Å². The monoisotopic (exact) mass is 198 g/mol. The molecule has 0 saturated heterocycles. The zero-order valence-corrected chi connectivity index (χ0v) is 8.93. The molecule has 1 atom stereocenters. The fourth-order valence-corrected chi connectivity index (χ4v) is 2.46. The number of halogens is 1. The van der Waals surface area contributed by atoms with Crippen molar-refractivity contribution in [2.45, 2.75) is 45.0 Å². The van der Waals surface area contributed by atoms with Crippen LogP contribution in [0.15, 0.2) is 0 Å². The van der Waals surface area contributed by atoms with Gasteiger partial charge in [0.1, 0.15) is 5.82 Å². The molecule has 13 heavy (non-hydrogen) atoms. The molecule has 1 aromatic rings. The van der Waals surface area contributed by atoms with Crippen molar-refractivity contribution in [2.75, 3.05) is 0 Å². The summed E-state index contributed by atoms with van der Waals surface area (Å²) in [6.07, 6.45) is 2.54. The second-order valence-electron chi connectivity index (χ2n) is 3.82. The van der Waals surface area contributed by atoms with Gasteiger partial charge < -0.3 is 4.57 Å². The smallest absolute Gasteiger partial charge is 0.106 e. The molecule has 3 heteroatoms. The molecule has 2 rings (SSSR count). The zero-order valence-electron chi connectivity index (χ0n) is 8.18. The van der Waals surface area contributed by atoms with Gasteiger partial charge in [-0.15, -0.1) is 11.6 Å². The molecule has 0 saturated carbocycles. The number of imidazole rings is 1. The number of rotatable bonds is 1. The third-order valence-corrected chi connectivity index (χ3v) is 3.14. The lowest BCUT2D eigenvalue weighted by Crippen LogP contribution is -2.15. The van der Waals surface area contributed by atoms with E-state index in [0.717, 1.165) is 18.1 Å². The molecule has 0 fully saturated rings. The van der Waals surface area contributed by atoms with Crippen molar-refractivity contribution in [1.82, 2.24) is 9.55 Å². The molecule has 0 amide bonds. The molecule has 0 radical (unpaired) electrons. The number of fused-ring (bicyclic) bond motifs is 1. The van der Waals surface area contributed by atoms with Gasteiger partial charge in [0.15, 0.2) is 0 Å². The molecule has 0 bridgehead atoms. The number of aromatic nitrogens is 2. The quantitative estimate of drug-likeness (QED) is 0.635. The topological polar surface area (TPSA) is 17.8 Å². The Kier molecular flexibility index (Phi) is 2.33. The number of nitrogens with zero attached hydrogens (tertiary/aromatic N) is 2. The number of alkyl halides is 1. The van der Waals surface area contributed by atoms with Gasteiger partial charge in [0.25, 0.3) is 0 Å². The summed E-state index contributed by atoms with van der Waals surface area (Å²) in [6.45, 7) is 5.45. The summed E-state index contributed by atoms with van der Waals surface area (Å²) in [4.78, 5) is 4.49. The van der Waals surface area contributed by atoms with Gasteiger partial charge in [-0.3, -0.25) is 0 Å². The first-order valence-electron chi connectivity index (χ1n) is 4.86. The van der Waals surface area contributed by atoms with Gasteiger partial charge in [0, 0.05) is 12.2 Å². The maximum atomic E-state index is 5.87. The zero-order chi connectivity index (χ0) is 9.42. The van der Waals surface area contributed by atoms with Crippen LogP contribution in [-0.4, -0.2) is 9.55 Å². The Bertz CT molecular complexity index is 317. The Hall–Kier alpha value is -0.500. The normalized spacial score (nSPS) is 21.6. The molecule has 1 unspecified atom stereocenters. The van der Waals surface area contributed by atoms with Crippen LogP contribution in [0.4, 0.5) is 0 Å². The van der Waals surface area contributed by atoms with Gasteiger partial charge in [-0.25, -0.2) is 4.98 Å². The van der Waals surface area contributed by atoms with Crippen LogP contribution in [-0.2, 0) is 12.4 Å². The van der Waals surface area contributed by atoms with Crippen LogP contribution in [0.5, 0.6) is 0 Å². The lowest BCUT2D eigenvalue weighted by molar-refractivity contribution is 0.466.